The average Bonchev–Trinajstić information content (AvgIpc) is 3.82. The number of imidazole rings is 1. The number of benzene rings is 1. The fraction of sp³-hybridized carbons (Fsp3) is 0.308. The van der Waals surface area contributed by atoms with Gasteiger partial charge in [-0.15, -0.1) is 11.3 Å². The van der Waals surface area contributed by atoms with Crippen molar-refractivity contribution in [3.8, 4) is 6.07 Å². The predicted molar refractivity (Wildman–Crippen MR) is 208 cm³/mol. The quantitative estimate of drug-likeness (QED) is 0.0446. The lowest BCUT2D eigenvalue weighted by Gasteiger charge is -2.25. The van der Waals surface area contributed by atoms with E-state index in [9.17, 15) is 9.50 Å². The summed E-state index contributed by atoms with van der Waals surface area (Å²) in [5.41, 5.74) is 7.03. The third kappa shape index (κ3) is 11.3. The van der Waals surface area contributed by atoms with Gasteiger partial charge in [0.15, 0.2) is 5.82 Å². The molecule has 3 aromatic heterocycles. The van der Waals surface area contributed by atoms with Gasteiger partial charge >= 0.3 is 0 Å². The number of hydrogen-bond donors (Lipinski definition) is 5. The number of halogens is 1. The van der Waals surface area contributed by atoms with E-state index in [-0.39, 0.29) is 10.6 Å². The van der Waals surface area contributed by atoms with Crippen LogP contribution in [-0.2, 0) is 17.8 Å². The number of H-pyrrole nitrogens is 2. The molecule has 13 heteroatoms. The van der Waals surface area contributed by atoms with E-state index in [1.807, 2.05) is 38.1 Å². The Bertz CT molecular complexity index is 2020. The smallest absolute Gasteiger partial charge is 0.152 e. The number of nitrogens with one attached hydrogen (secondary N) is 3. The third-order valence-corrected chi connectivity index (χ3v) is 9.32. The summed E-state index contributed by atoms with van der Waals surface area (Å²) in [5, 5.41) is 42.5. The van der Waals surface area contributed by atoms with E-state index in [4.69, 9.17) is 25.5 Å². The van der Waals surface area contributed by atoms with Crippen molar-refractivity contribution in [1.29, 1.82) is 10.7 Å². The number of nitriles is 1. The molecule has 2 aliphatic heterocycles. The van der Waals surface area contributed by atoms with Crippen molar-refractivity contribution < 1.29 is 19.3 Å². The molecule has 6 rings (SSSR count). The van der Waals surface area contributed by atoms with Crippen LogP contribution in [-0.4, -0.2) is 74.0 Å². The lowest BCUT2D eigenvalue weighted by molar-refractivity contribution is -0.0375. The number of aliphatic imine (C=N–C) groups is 1. The summed E-state index contributed by atoms with van der Waals surface area (Å²) in [6, 6.07) is 8.76. The highest BCUT2D eigenvalue weighted by atomic mass is 32.1. The van der Waals surface area contributed by atoms with Crippen molar-refractivity contribution >= 4 is 52.7 Å². The van der Waals surface area contributed by atoms with Gasteiger partial charge in [-0.05, 0) is 94.8 Å². The molecule has 0 bridgehead atoms. The number of thiophene rings is 1. The summed E-state index contributed by atoms with van der Waals surface area (Å²) in [6.07, 6.45) is 17.2. The third-order valence-electron chi connectivity index (χ3n) is 8.32. The molecular weight excluding hydrogens is 680 g/mol. The number of aromatic amines is 2. The van der Waals surface area contributed by atoms with E-state index in [1.165, 1.54) is 24.3 Å². The van der Waals surface area contributed by atoms with Crippen LogP contribution >= 0.6 is 11.3 Å². The Morgan fingerprint density at radius 3 is 2.73 bits per heavy atom. The standard InChI is InChI=1S/C28H32N6O2.C7H5FN2S.C4H8O/c1-19(9-12-29)28-23(20(2)32-33-28)17-26(36)22-7-8-24-25(16-22)31-27(30-24)18-34-13-10-21(11-14-34)6-4-3-5-15-35;1-10-4-5-2-6(8)7(3-9)11-5;1-4-2-3-5-4/h3-5,7-10,12,15-17,29,35-36H,6,11,13-14,18H2,1-2H3,(H,30,31)(H,32,33);2H,1,4H2;4H,2-3H2,1H3/b4-3-,15-5+,19-9-,26-17+,29-12?;;/t;;4-/m..1/s1. The first-order valence-electron chi connectivity index (χ1n) is 16.9. The molecule has 272 valence electrons. The fourth-order valence-electron chi connectivity index (χ4n) is 5.31. The SMILES string of the molecule is C/C(=C/C=N)c1n[nH]c(C)c1/C=C(/O)c1ccc2nc(CN3CC=C(C/C=C\C=C\O)CC3)[nH]c2c1.C=NCc1cc(F)c(C#N)s1.C[C@@H]1CCO1. The minimum Gasteiger partial charge on any atom is -0.516 e. The maximum atomic E-state index is 12.7. The highest BCUT2D eigenvalue weighted by Crippen LogP contribution is 2.26. The lowest BCUT2D eigenvalue weighted by atomic mass is 10.0. The van der Waals surface area contributed by atoms with Gasteiger partial charge in [-0.1, -0.05) is 23.8 Å². The van der Waals surface area contributed by atoms with Gasteiger partial charge in [-0.3, -0.25) is 15.0 Å². The van der Waals surface area contributed by atoms with Gasteiger partial charge in [0.05, 0.1) is 42.2 Å². The van der Waals surface area contributed by atoms with Crippen molar-refractivity contribution in [3.05, 3.63) is 110 Å². The number of ether oxygens (including phenoxy) is 1. The second-order valence-corrected chi connectivity index (χ2v) is 13.4. The van der Waals surface area contributed by atoms with Crippen LogP contribution in [0.3, 0.4) is 0 Å². The molecule has 11 nitrogen and oxygen atoms in total. The molecule has 0 saturated carbocycles. The molecule has 5 heterocycles. The van der Waals surface area contributed by atoms with Crippen molar-refractivity contribution in [2.45, 2.75) is 59.2 Å². The maximum absolute atomic E-state index is 12.7. The Kier molecular flexibility index (Phi) is 15.0. The lowest BCUT2D eigenvalue weighted by Crippen LogP contribution is -2.28. The molecule has 0 aliphatic carbocycles. The van der Waals surface area contributed by atoms with Crippen molar-refractivity contribution in [2.75, 3.05) is 19.7 Å². The molecule has 1 fully saturated rings. The fourth-order valence-corrected chi connectivity index (χ4v) is 6.09. The Balaban J connectivity index is 0.000000309. The Morgan fingerprint density at radius 1 is 1.33 bits per heavy atom. The van der Waals surface area contributed by atoms with Crippen LogP contribution in [0.2, 0.25) is 0 Å². The Labute approximate surface area is 307 Å². The normalized spacial score (nSPS) is 16.4. The van der Waals surface area contributed by atoms with Gasteiger partial charge in [0.25, 0.3) is 0 Å². The number of aryl methyl sites for hydroxylation is 1. The highest BCUT2D eigenvalue weighted by molar-refractivity contribution is 7.12. The average molecular weight is 725 g/mol. The summed E-state index contributed by atoms with van der Waals surface area (Å²) in [5.74, 6) is 0.575. The van der Waals surface area contributed by atoms with Crippen LogP contribution in [0, 0.1) is 29.5 Å². The summed E-state index contributed by atoms with van der Waals surface area (Å²) < 4.78 is 17.6. The molecule has 0 unspecified atom stereocenters. The van der Waals surface area contributed by atoms with Crippen LogP contribution < -0.4 is 0 Å². The van der Waals surface area contributed by atoms with Gasteiger partial charge in [-0.2, -0.15) is 10.4 Å². The maximum Gasteiger partial charge on any atom is 0.152 e. The molecule has 0 spiro atoms. The Hall–Kier alpha value is -5.42. The zero-order valence-corrected chi connectivity index (χ0v) is 30.5. The van der Waals surface area contributed by atoms with E-state index >= 15 is 0 Å². The topological polar surface area (TPSA) is 170 Å². The minimum absolute atomic E-state index is 0.114. The van der Waals surface area contributed by atoms with Gasteiger partial charge in [-0.25, -0.2) is 9.37 Å². The van der Waals surface area contributed by atoms with E-state index in [1.54, 1.807) is 24.3 Å². The van der Waals surface area contributed by atoms with Crippen LogP contribution in [0.15, 0.2) is 71.5 Å². The summed E-state index contributed by atoms with van der Waals surface area (Å²) in [7, 11) is 0. The number of aliphatic hydroxyl groups excluding tert-OH is 2. The first kappa shape index (κ1) is 39.4. The molecule has 5 N–H and O–H groups in total. The second-order valence-electron chi connectivity index (χ2n) is 12.2. The number of allylic oxidation sites excluding steroid dienone is 5. The molecule has 1 aromatic carbocycles. The van der Waals surface area contributed by atoms with Crippen molar-refractivity contribution in [2.24, 2.45) is 4.99 Å². The number of aromatic nitrogens is 4. The van der Waals surface area contributed by atoms with Gasteiger partial charge < -0.3 is 25.3 Å². The summed E-state index contributed by atoms with van der Waals surface area (Å²) in [4.78, 5) is 14.9. The molecule has 1 saturated heterocycles. The van der Waals surface area contributed by atoms with E-state index < -0.39 is 5.82 Å². The van der Waals surface area contributed by atoms with Crippen LogP contribution in [0.1, 0.15) is 71.2 Å². The molecule has 0 amide bonds. The van der Waals surface area contributed by atoms with Crippen molar-refractivity contribution in [3.63, 3.8) is 0 Å². The zero-order valence-electron chi connectivity index (χ0n) is 29.7. The minimum atomic E-state index is -0.462. The number of aliphatic hydroxyl groups is 2. The second kappa shape index (κ2) is 19.8. The largest absolute Gasteiger partial charge is 0.516 e. The molecule has 1 atom stereocenters. The summed E-state index contributed by atoms with van der Waals surface area (Å²) in [6.45, 7) is 13.1. The van der Waals surface area contributed by atoms with Gasteiger partial charge in [0.1, 0.15) is 22.5 Å². The number of fused-ring (bicyclic) bond motifs is 1. The first-order chi connectivity index (χ1) is 25.1. The number of rotatable bonds is 11. The first-order valence-corrected chi connectivity index (χ1v) is 17.7. The van der Waals surface area contributed by atoms with Crippen LogP contribution in [0.25, 0.3) is 28.4 Å². The number of nitrogens with zero attached hydrogens (tertiary/aromatic N) is 5. The zero-order chi connectivity index (χ0) is 37.5. The van der Waals surface area contributed by atoms with Crippen molar-refractivity contribution in [1.82, 2.24) is 25.1 Å². The van der Waals surface area contributed by atoms with E-state index in [2.05, 4.69) is 50.9 Å². The Morgan fingerprint density at radius 2 is 2.12 bits per heavy atom. The van der Waals surface area contributed by atoms with E-state index in [0.29, 0.717) is 23.9 Å². The van der Waals surface area contributed by atoms with E-state index in [0.717, 1.165) is 95.2 Å². The monoisotopic (exact) mass is 724 g/mol. The van der Waals surface area contributed by atoms with Crippen LogP contribution in [0.5, 0.6) is 0 Å². The van der Waals surface area contributed by atoms with Gasteiger partial charge in [0, 0.05) is 47.6 Å². The molecule has 52 heavy (non-hydrogen) atoms. The highest BCUT2D eigenvalue weighted by Gasteiger charge is 2.15. The predicted octanol–water partition coefficient (Wildman–Crippen LogP) is 8.61. The number of hydrogen-bond acceptors (Lipinski definition) is 10. The molecule has 4 aromatic rings. The van der Waals surface area contributed by atoms with Gasteiger partial charge in [0.2, 0.25) is 0 Å². The molecule has 0 radical (unpaired) electrons. The van der Waals surface area contributed by atoms with Crippen LogP contribution in [0.4, 0.5) is 4.39 Å². The molecule has 2 aliphatic rings. The summed E-state index contributed by atoms with van der Waals surface area (Å²) >= 11 is 1.11. The molecular formula is C39H45FN8O3S.